The van der Waals surface area contributed by atoms with E-state index in [0.29, 0.717) is 0 Å². The van der Waals surface area contributed by atoms with E-state index in [1.54, 1.807) is 22.7 Å². The highest BCUT2D eigenvalue weighted by Crippen LogP contribution is 2.32. The van der Waals surface area contributed by atoms with Crippen molar-refractivity contribution in [3.63, 3.8) is 0 Å². The lowest BCUT2D eigenvalue weighted by molar-refractivity contribution is 0.734. The molecule has 0 saturated carbocycles. The van der Waals surface area contributed by atoms with Gasteiger partial charge in [-0.1, -0.05) is 6.92 Å². The Hall–Kier alpha value is -0.710. The standard InChI is InChI=1S/C11H14N2S2/c1-3-12-6-9-7-13-11(15-9)10-8(2)4-5-14-10/h4-5,7,12H,3,6H2,1-2H3. The molecule has 0 spiro atoms. The number of aryl methyl sites for hydroxylation is 1. The first-order chi connectivity index (χ1) is 7.31. The number of hydrogen-bond acceptors (Lipinski definition) is 4. The van der Waals surface area contributed by atoms with E-state index in [1.165, 1.54) is 15.3 Å². The third-order valence-electron chi connectivity index (χ3n) is 2.16. The van der Waals surface area contributed by atoms with Crippen molar-refractivity contribution >= 4 is 22.7 Å². The van der Waals surface area contributed by atoms with Gasteiger partial charge in [-0.05, 0) is 30.5 Å². The number of thiazole rings is 1. The highest BCUT2D eigenvalue weighted by atomic mass is 32.1. The summed E-state index contributed by atoms with van der Waals surface area (Å²) in [5.74, 6) is 0. The van der Waals surface area contributed by atoms with Crippen LogP contribution in [0.3, 0.4) is 0 Å². The number of thiophene rings is 1. The van der Waals surface area contributed by atoms with E-state index in [0.717, 1.165) is 18.1 Å². The average molecular weight is 238 g/mol. The Labute approximate surface area is 98.0 Å². The monoisotopic (exact) mass is 238 g/mol. The predicted octanol–water partition coefficient (Wildman–Crippen LogP) is 3.29. The first-order valence-corrected chi connectivity index (χ1v) is 6.70. The van der Waals surface area contributed by atoms with Crippen molar-refractivity contribution < 1.29 is 0 Å². The zero-order valence-electron chi connectivity index (χ0n) is 8.91. The molecule has 0 bridgehead atoms. The molecule has 2 aromatic rings. The van der Waals surface area contributed by atoms with Crippen LogP contribution in [0.15, 0.2) is 17.6 Å². The number of nitrogens with one attached hydrogen (secondary N) is 1. The van der Waals surface area contributed by atoms with Crippen molar-refractivity contribution in [2.75, 3.05) is 6.54 Å². The van der Waals surface area contributed by atoms with Gasteiger partial charge in [-0.3, -0.25) is 0 Å². The summed E-state index contributed by atoms with van der Waals surface area (Å²) in [6, 6.07) is 2.14. The van der Waals surface area contributed by atoms with Gasteiger partial charge in [-0.15, -0.1) is 22.7 Å². The molecule has 80 valence electrons. The molecule has 2 aromatic heterocycles. The fourth-order valence-corrected chi connectivity index (χ4v) is 3.31. The predicted molar refractivity (Wildman–Crippen MR) is 67.5 cm³/mol. The highest BCUT2D eigenvalue weighted by Gasteiger charge is 2.07. The number of nitrogens with zero attached hydrogens (tertiary/aromatic N) is 1. The van der Waals surface area contributed by atoms with E-state index in [1.807, 2.05) is 6.20 Å². The van der Waals surface area contributed by atoms with Crippen LogP contribution in [0, 0.1) is 6.92 Å². The lowest BCUT2D eigenvalue weighted by atomic mass is 10.3. The number of aromatic nitrogens is 1. The summed E-state index contributed by atoms with van der Waals surface area (Å²) in [6.45, 7) is 6.19. The van der Waals surface area contributed by atoms with Gasteiger partial charge in [-0.2, -0.15) is 0 Å². The first kappa shape index (κ1) is 10.8. The Morgan fingerprint density at radius 1 is 1.47 bits per heavy atom. The third kappa shape index (κ3) is 2.45. The van der Waals surface area contributed by atoms with E-state index in [-0.39, 0.29) is 0 Å². The summed E-state index contributed by atoms with van der Waals surface area (Å²) in [5, 5.41) is 6.58. The molecule has 0 fully saturated rings. The van der Waals surface area contributed by atoms with Gasteiger partial charge in [0.2, 0.25) is 0 Å². The molecule has 4 heteroatoms. The van der Waals surface area contributed by atoms with Crippen LogP contribution >= 0.6 is 22.7 Å². The highest BCUT2D eigenvalue weighted by molar-refractivity contribution is 7.21. The van der Waals surface area contributed by atoms with Crippen LogP contribution in [-0.2, 0) is 6.54 Å². The van der Waals surface area contributed by atoms with E-state index in [4.69, 9.17) is 0 Å². The zero-order chi connectivity index (χ0) is 10.7. The summed E-state index contributed by atoms with van der Waals surface area (Å²) < 4.78 is 0. The summed E-state index contributed by atoms with van der Waals surface area (Å²) in [7, 11) is 0. The molecule has 0 aromatic carbocycles. The zero-order valence-corrected chi connectivity index (χ0v) is 10.5. The quantitative estimate of drug-likeness (QED) is 0.884. The van der Waals surface area contributed by atoms with Gasteiger partial charge in [0, 0.05) is 17.6 Å². The lowest BCUT2D eigenvalue weighted by Gasteiger charge is -1.95. The minimum absolute atomic E-state index is 0.929. The molecular formula is C11H14N2S2. The molecule has 1 N–H and O–H groups in total. The fraction of sp³-hybridized carbons (Fsp3) is 0.364. The van der Waals surface area contributed by atoms with Crippen LogP contribution < -0.4 is 5.32 Å². The van der Waals surface area contributed by atoms with E-state index >= 15 is 0 Å². The topological polar surface area (TPSA) is 24.9 Å². The van der Waals surface area contributed by atoms with Gasteiger partial charge >= 0.3 is 0 Å². The maximum Gasteiger partial charge on any atom is 0.133 e. The Balaban J connectivity index is 2.17. The summed E-state index contributed by atoms with van der Waals surface area (Å²) in [5.41, 5.74) is 1.32. The van der Waals surface area contributed by atoms with Gasteiger partial charge in [0.1, 0.15) is 5.01 Å². The molecule has 0 saturated heterocycles. The van der Waals surface area contributed by atoms with E-state index < -0.39 is 0 Å². The SMILES string of the molecule is CCNCc1cnc(-c2sccc2C)s1. The van der Waals surface area contributed by atoms with Crippen LogP contribution in [0.25, 0.3) is 9.88 Å². The van der Waals surface area contributed by atoms with Crippen LogP contribution in [0.2, 0.25) is 0 Å². The smallest absolute Gasteiger partial charge is 0.133 e. The van der Waals surface area contributed by atoms with Crippen LogP contribution in [0.4, 0.5) is 0 Å². The van der Waals surface area contributed by atoms with Crippen LogP contribution in [0.5, 0.6) is 0 Å². The minimum Gasteiger partial charge on any atom is -0.312 e. The molecule has 15 heavy (non-hydrogen) atoms. The van der Waals surface area contributed by atoms with Gasteiger partial charge in [0.05, 0.1) is 4.88 Å². The lowest BCUT2D eigenvalue weighted by Crippen LogP contribution is -2.10. The van der Waals surface area contributed by atoms with Crippen LogP contribution in [-0.4, -0.2) is 11.5 Å². The Morgan fingerprint density at radius 3 is 3.00 bits per heavy atom. The molecule has 2 rings (SSSR count). The van der Waals surface area contributed by atoms with Crippen molar-refractivity contribution in [2.24, 2.45) is 0 Å². The molecule has 2 nitrogen and oxygen atoms in total. The third-order valence-corrected chi connectivity index (χ3v) is 4.33. The maximum absolute atomic E-state index is 4.46. The van der Waals surface area contributed by atoms with Gasteiger partial charge < -0.3 is 5.32 Å². The van der Waals surface area contributed by atoms with E-state index in [2.05, 4.69) is 35.6 Å². The molecule has 2 heterocycles. The summed E-state index contributed by atoms with van der Waals surface area (Å²) in [4.78, 5) is 7.07. The second-order valence-corrected chi connectivity index (χ2v) is 5.38. The van der Waals surface area contributed by atoms with Gasteiger partial charge in [-0.25, -0.2) is 4.98 Å². The molecule has 0 radical (unpaired) electrons. The second-order valence-electron chi connectivity index (χ2n) is 3.34. The molecule has 0 aliphatic carbocycles. The van der Waals surface area contributed by atoms with Crippen molar-refractivity contribution in [3.05, 3.63) is 28.1 Å². The molecule has 0 atom stereocenters. The Bertz CT molecular complexity index is 431. The molecular weight excluding hydrogens is 224 g/mol. The molecule has 0 amide bonds. The Kier molecular flexibility index (Phi) is 3.51. The van der Waals surface area contributed by atoms with Crippen molar-refractivity contribution in [1.29, 1.82) is 0 Å². The van der Waals surface area contributed by atoms with Crippen molar-refractivity contribution in [3.8, 4) is 9.88 Å². The fourth-order valence-electron chi connectivity index (χ4n) is 1.33. The van der Waals surface area contributed by atoms with Crippen LogP contribution in [0.1, 0.15) is 17.4 Å². The summed E-state index contributed by atoms with van der Waals surface area (Å²) in [6.07, 6.45) is 1.97. The second kappa shape index (κ2) is 4.88. The first-order valence-electron chi connectivity index (χ1n) is 5.01. The normalized spacial score (nSPS) is 10.8. The summed E-state index contributed by atoms with van der Waals surface area (Å²) >= 11 is 3.55. The largest absolute Gasteiger partial charge is 0.312 e. The average Bonchev–Trinajstić information content (AvgIpc) is 2.83. The van der Waals surface area contributed by atoms with Gasteiger partial charge in [0.25, 0.3) is 0 Å². The maximum atomic E-state index is 4.46. The Morgan fingerprint density at radius 2 is 2.33 bits per heavy atom. The minimum atomic E-state index is 0.929. The van der Waals surface area contributed by atoms with Crippen molar-refractivity contribution in [1.82, 2.24) is 10.3 Å². The van der Waals surface area contributed by atoms with Gasteiger partial charge in [0.15, 0.2) is 0 Å². The number of hydrogen-bond donors (Lipinski definition) is 1. The molecule has 0 aliphatic heterocycles. The molecule has 0 aliphatic rings. The number of rotatable bonds is 4. The molecule has 0 unspecified atom stereocenters. The van der Waals surface area contributed by atoms with Crippen molar-refractivity contribution in [2.45, 2.75) is 20.4 Å². The van der Waals surface area contributed by atoms with E-state index in [9.17, 15) is 0 Å².